The van der Waals surface area contributed by atoms with E-state index in [4.69, 9.17) is 5.73 Å². The summed E-state index contributed by atoms with van der Waals surface area (Å²) in [5.41, 5.74) is 8.44. The van der Waals surface area contributed by atoms with Crippen molar-refractivity contribution in [2.75, 3.05) is 12.9 Å². The number of nitrogens with one attached hydrogen (secondary N) is 1. The third-order valence-electron chi connectivity index (χ3n) is 3.66. The summed E-state index contributed by atoms with van der Waals surface area (Å²) in [7, 11) is 1.30. The minimum absolute atomic E-state index is 0.0413. The number of nitrogens with zero attached hydrogens (tertiary/aromatic N) is 2. The van der Waals surface area contributed by atoms with Gasteiger partial charge in [-0.05, 0) is 18.1 Å². The number of esters is 1. The number of aryl methyl sites for hydroxylation is 1. The fraction of sp³-hybridized carbons (Fsp3) is 0.235. The molecule has 0 aliphatic carbocycles. The second-order valence-electron chi connectivity index (χ2n) is 5.07. The predicted octanol–water partition coefficient (Wildman–Crippen LogP) is 2.02. The molecule has 0 amide bonds. The molecule has 1 heterocycles. The summed E-state index contributed by atoms with van der Waals surface area (Å²) in [5.74, 6) is -0.730. The number of hydrogen-bond acceptors (Lipinski definition) is 7. The third-order valence-corrected chi connectivity index (χ3v) is 4.65. The molecule has 1 aliphatic heterocycles. The predicted molar refractivity (Wildman–Crippen MR) is 91.0 cm³/mol. The maximum absolute atomic E-state index is 11.4. The molecule has 0 spiro atoms. The van der Waals surface area contributed by atoms with Crippen LogP contribution in [0.2, 0.25) is 0 Å². The summed E-state index contributed by atoms with van der Waals surface area (Å²) in [6.07, 6.45) is 0. The molecule has 1 atom stereocenters. The zero-order chi connectivity index (χ0) is 17.7. The lowest BCUT2D eigenvalue weighted by atomic mass is 9.82. The van der Waals surface area contributed by atoms with Crippen LogP contribution in [0.1, 0.15) is 17.0 Å². The zero-order valence-corrected chi connectivity index (χ0v) is 14.1. The second kappa shape index (κ2) is 7.58. The Bertz CT molecular complexity index is 815. The van der Waals surface area contributed by atoms with E-state index in [-0.39, 0.29) is 11.6 Å². The Balaban J connectivity index is 2.53. The van der Waals surface area contributed by atoms with E-state index in [1.807, 2.05) is 31.2 Å². The highest BCUT2D eigenvalue weighted by molar-refractivity contribution is 8.03. The fourth-order valence-electron chi connectivity index (χ4n) is 2.45. The van der Waals surface area contributed by atoms with Gasteiger partial charge in [0.1, 0.15) is 5.82 Å². The van der Waals surface area contributed by atoms with Gasteiger partial charge < -0.3 is 15.8 Å². The first-order chi connectivity index (χ1) is 11.5. The molecule has 0 unspecified atom stereocenters. The van der Waals surface area contributed by atoms with Gasteiger partial charge in [-0.1, -0.05) is 36.0 Å². The standard InChI is InChI=1S/C17H16N4O2S/c1-10-5-3-4-6-11(10)15-12(7-18)16(20)21-17(13(15)8-19)24-9-14(22)23-2/h3-6,15,21H,9,20H2,1-2H3/t15-/m0/s1. The van der Waals surface area contributed by atoms with Gasteiger partial charge in [-0.25, -0.2) is 0 Å². The van der Waals surface area contributed by atoms with E-state index in [9.17, 15) is 15.3 Å². The Morgan fingerprint density at radius 2 is 2.00 bits per heavy atom. The van der Waals surface area contributed by atoms with Crippen molar-refractivity contribution in [1.29, 1.82) is 10.5 Å². The number of nitrogens with two attached hydrogens (primary N) is 1. The Hall–Kier alpha value is -2.90. The maximum Gasteiger partial charge on any atom is 0.316 e. The highest BCUT2D eigenvalue weighted by Gasteiger charge is 2.32. The number of thioether (sulfide) groups is 1. The molecule has 1 aliphatic rings. The van der Waals surface area contributed by atoms with Crippen molar-refractivity contribution in [3.8, 4) is 12.1 Å². The zero-order valence-electron chi connectivity index (χ0n) is 13.3. The Labute approximate surface area is 144 Å². The number of carbonyl (C=O) groups excluding carboxylic acids is 1. The van der Waals surface area contributed by atoms with E-state index in [1.54, 1.807) is 0 Å². The average molecular weight is 340 g/mol. The van der Waals surface area contributed by atoms with Crippen LogP contribution in [0.15, 0.2) is 46.3 Å². The summed E-state index contributed by atoms with van der Waals surface area (Å²) < 4.78 is 4.62. The number of dihydropyridines is 1. The summed E-state index contributed by atoms with van der Waals surface area (Å²) in [4.78, 5) is 11.4. The smallest absolute Gasteiger partial charge is 0.316 e. The fourth-order valence-corrected chi connectivity index (χ4v) is 3.33. The first kappa shape index (κ1) is 17.5. The molecule has 0 bridgehead atoms. The molecule has 122 valence electrons. The monoisotopic (exact) mass is 340 g/mol. The Morgan fingerprint density at radius 1 is 1.33 bits per heavy atom. The number of carbonyl (C=O) groups is 1. The molecule has 0 saturated carbocycles. The maximum atomic E-state index is 11.4. The van der Waals surface area contributed by atoms with Gasteiger partial charge in [0.15, 0.2) is 0 Å². The number of rotatable bonds is 4. The van der Waals surface area contributed by atoms with E-state index < -0.39 is 11.9 Å². The number of hydrogen-bond donors (Lipinski definition) is 2. The highest BCUT2D eigenvalue weighted by Crippen LogP contribution is 2.40. The average Bonchev–Trinajstić information content (AvgIpc) is 2.59. The van der Waals surface area contributed by atoms with Gasteiger partial charge in [-0.15, -0.1) is 0 Å². The van der Waals surface area contributed by atoms with Gasteiger partial charge in [-0.3, -0.25) is 4.79 Å². The topological polar surface area (TPSA) is 112 Å². The van der Waals surface area contributed by atoms with Crippen molar-refractivity contribution in [3.05, 3.63) is 57.4 Å². The second-order valence-corrected chi connectivity index (χ2v) is 6.06. The van der Waals surface area contributed by atoms with Gasteiger partial charge >= 0.3 is 5.97 Å². The molecule has 1 aromatic rings. The van der Waals surface area contributed by atoms with Crippen molar-refractivity contribution >= 4 is 17.7 Å². The SMILES string of the molecule is COC(=O)CSC1=C(C#N)[C@@H](c2ccccc2C)C(C#N)=C(N)N1. The molecule has 24 heavy (non-hydrogen) atoms. The van der Waals surface area contributed by atoms with Crippen LogP contribution in [0.4, 0.5) is 0 Å². The first-order valence-corrected chi connectivity index (χ1v) is 8.08. The van der Waals surface area contributed by atoms with Crippen molar-refractivity contribution in [3.63, 3.8) is 0 Å². The summed E-state index contributed by atoms with van der Waals surface area (Å²) in [6, 6.07) is 11.8. The van der Waals surface area contributed by atoms with Crippen molar-refractivity contribution < 1.29 is 9.53 Å². The molecule has 0 saturated heterocycles. The lowest BCUT2D eigenvalue weighted by molar-refractivity contribution is -0.137. The number of nitriles is 2. The van der Waals surface area contributed by atoms with Crippen LogP contribution < -0.4 is 11.1 Å². The van der Waals surface area contributed by atoms with E-state index in [0.29, 0.717) is 16.2 Å². The van der Waals surface area contributed by atoms with E-state index >= 15 is 0 Å². The third kappa shape index (κ3) is 3.37. The largest absolute Gasteiger partial charge is 0.468 e. The van der Waals surface area contributed by atoms with Gasteiger partial charge in [0.05, 0.1) is 47.1 Å². The molecule has 0 fully saturated rings. The summed E-state index contributed by atoms with van der Waals surface area (Å²) in [6.45, 7) is 1.92. The summed E-state index contributed by atoms with van der Waals surface area (Å²) >= 11 is 1.13. The molecule has 0 radical (unpaired) electrons. The molecule has 6 nitrogen and oxygen atoms in total. The minimum atomic E-state index is -0.553. The van der Waals surface area contributed by atoms with Gasteiger partial charge in [0, 0.05) is 0 Å². The van der Waals surface area contributed by atoms with Crippen LogP contribution >= 0.6 is 11.8 Å². The minimum Gasteiger partial charge on any atom is -0.468 e. The number of ether oxygens (including phenoxy) is 1. The molecule has 1 aromatic carbocycles. The van der Waals surface area contributed by atoms with Crippen LogP contribution in [0, 0.1) is 29.6 Å². The molecule has 0 aromatic heterocycles. The Kier molecular flexibility index (Phi) is 5.51. The summed E-state index contributed by atoms with van der Waals surface area (Å²) in [5, 5.41) is 22.5. The van der Waals surface area contributed by atoms with Crippen LogP contribution in [0.3, 0.4) is 0 Å². The van der Waals surface area contributed by atoms with Crippen LogP contribution in [0.5, 0.6) is 0 Å². The van der Waals surface area contributed by atoms with Crippen LogP contribution in [0.25, 0.3) is 0 Å². The van der Waals surface area contributed by atoms with Gasteiger partial charge in [0.2, 0.25) is 0 Å². The van der Waals surface area contributed by atoms with Crippen molar-refractivity contribution in [2.24, 2.45) is 5.73 Å². The van der Waals surface area contributed by atoms with E-state index in [2.05, 4.69) is 22.2 Å². The van der Waals surface area contributed by atoms with Crippen molar-refractivity contribution in [1.82, 2.24) is 5.32 Å². The van der Waals surface area contributed by atoms with Gasteiger partial charge in [0.25, 0.3) is 0 Å². The quantitative estimate of drug-likeness (QED) is 0.806. The normalized spacial score (nSPS) is 16.9. The lowest BCUT2D eigenvalue weighted by Gasteiger charge is -2.27. The first-order valence-electron chi connectivity index (χ1n) is 7.09. The molecule has 2 rings (SSSR count). The molecule has 3 N–H and O–H groups in total. The molecular formula is C17H16N4O2S. The van der Waals surface area contributed by atoms with Crippen LogP contribution in [-0.4, -0.2) is 18.8 Å². The number of benzene rings is 1. The number of allylic oxidation sites excluding steroid dienone is 2. The highest BCUT2D eigenvalue weighted by atomic mass is 32.2. The molecular weight excluding hydrogens is 324 g/mol. The van der Waals surface area contributed by atoms with Gasteiger partial charge in [-0.2, -0.15) is 10.5 Å². The molecule has 7 heteroatoms. The lowest BCUT2D eigenvalue weighted by Crippen LogP contribution is -2.30. The van der Waals surface area contributed by atoms with E-state index in [1.165, 1.54) is 7.11 Å². The Morgan fingerprint density at radius 3 is 2.58 bits per heavy atom. The van der Waals surface area contributed by atoms with E-state index in [0.717, 1.165) is 22.9 Å². The van der Waals surface area contributed by atoms with Crippen molar-refractivity contribution in [2.45, 2.75) is 12.8 Å². The number of methoxy groups -OCH3 is 1. The van der Waals surface area contributed by atoms with Crippen LogP contribution in [-0.2, 0) is 9.53 Å².